The van der Waals surface area contributed by atoms with E-state index in [2.05, 4.69) is 27.5 Å². The Morgan fingerprint density at radius 1 is 1.11 bits per heavy atom. The lowest BCUT2D eigenvalue weighted by Gasteiger charge is -2.18. The van der Waals surface area contributed by atoms with E-state index in [0.29, 0.717) is 5.92 Å². The number of para-hydroxylation sites is 2. The zero-order valence-corrected chi connectivity index (χ0v) is 15.8. The van der Waals surface area contributed by atoms with Gasteiger partial charge in [-0.3, -0.25) is 4.98 Å². The van der Waals surface area contributed by atoms with Crippen LogP contribution in [0.4, 0.5) is 0 Å². The minimum absolute atomic E-state index is 0.0197. The minimum atomic E-state index is -0.0197. The standard InChI is InChI=1S/C21H22N6O/c1-15(26-14-23-18-6-2-3-7-19(18)26)21-24-20(16-8-11-28-12-9-16)25-27(21)17-5-4-10-22-13-17/h2-7,10,13-16H,8-9,11-12H2,1H3. The predicted octanol–water partition coefficient (Wildman–Crippen LogP) is 3.52. The van der Waals surface area contributed by atoms with Crippen molar-refractivity contribution >= 4 is 11.0 Å². The highest BCUT2D eigenvalue weighted by Gasteiger charge is 2.26. The first-order valence-electron chi connectivity index (χ1n) is 9.68. The van der Waals surface area contributed by atoms with Crippen LogP contribution < -0.4 is 0 Å². The summed E-state index contributed by atoms with van der Waals surface area (Å²) in [4.78, 5) is 13.8. The van der Waals surface area contributed by atoms with E-state index in [0.717, 1.165) is 54.4 Å². The second-order valence-corrected chi connectivity index (χ2v) is 7.15. The molecule has 0 spiro atoms. The zero-order valence-electron chi connectivity index (χ0n) is 15.8. The van der Waals surface area contributed by atoms with Gasteiger partial charge in [-0.15, -0.1) is 0 Å². The molecule has 1 fully saturated rings. The van der Waals surface area contributed by atoms with Crippen molar-refractivity contribution < 1.29 is 4.74 Å². The molecule has 1 aliphatic rings. The van der Waals surface area contributed by atoms with Gasteiger partial charge in [-0.25, -0.2) is 14.6 Å². The lowest BCUT2D eigenvalue weighted by atomic mass is 10.00. The number of hydrogen-bond acceptors (Lipinski definition) is 5. The molecule has 3 aromatic heterocycles. The first-order valence-corrected chi connectivity index (χ1v) is 9.68. The molecule has 0 amide bonds. The SMILES string of the molecule is CC(c1nc(C2CCOCC2)nn1-c1cccnc1)n1cnc2ccccc21. The van der Waals surface area contributed by atoms with Crippen molar-refractivity contribution in [3.8, 4) is 5.69 Å². The molecule has 1 saturated heterocycles. The van der Waals surface area contributed by atoms with Crippen molar-refractivity contribution in [2.45, 2.75) is 31.7 Å². The van der Waals surface area contributed by atoms with Gasteiger partial charge >= 0.3 is 0 Å². The van der Waals surface area contributed by atoms with Crippen LogP contribution >= 0.6 is 0 Å². The number of aromatic nitrogens is 6. The monoisotopic (exact) mass is 374 g/mol. The van der Waals surface area contributed by atoms with Gasteiger partial charge in [-0.2, -0.15) is 5.10 Å². The number of imidazole rings is 1. The summed E-state index contributed by atoms with van der Waals surface area (Å²) >= 11 is 0. The molecule has 0 saturated carbocycles. The van der Waals surface area contributed by atoms with Crippen LogP contribution in [0.15, 0.2) is 55.1 Å². The second kappa shape index (κ2) is 7.16. The maximum Gasteiger partial charge on any atom is 0.155 e. The smallest absolute Gasteiger partial charge is 0.155 e. The zero-order chi connectivity index (χ0) is 18.9. The Hall–Kier alpha value is -3.06. The molecule has 0 bridgehead atoms. The molecule has 7 nitrogen and oxygen atoms in total. The minimum Gasteiger partial charge on any atom is -0.381 e. The number of rotatable bonds is 4. The molecule has 1 aliphatic heterocycles. The molecule has 1 aromatic carbocycles. The molecule has 5 rings (SSSR count). The number of pyridine rings is 1. The number of nitrogens with zero attached hydrogens (tertiary/aromatic N) is 6. The summed E-state index contributed by atoms with van der Waals surface area (Å²) in [5.41, 5.74) is 2.98. The Bertz CT molecular complexity index is 1080. The summed E-state index contributed by atoms with van der Waals surface area (Å²) in [7, 11) is 0. The van der Waals surface area contributed by atoms with Crippen molar-refractivity contribution in [3.63, 3.8) is 0 Å². The average molecular weight is 374 g/mol. The molecule has 0 radical (unpaired) electrons. The fourth-order valence-electron chi connectivity index (χ4n) is 3.82. The Balaban J connectivity index is 1.61. The van der Waals surface area contributed by atoms with E-state index in [-0.39, 0.29) is 6.04 Å². The molecule has 1 unspecified atom stereocenters. The van der Waals surface area contributed by atoms with E-state index in [4.69, 9.17) is 14.8 Å². The van der Waals surface area contributed by atoms with E-state index >= 15 is 0 Å². The molecule has 4 heterocycles. The maximum absolute atomic E-state index is 5.51. The molecular weight excluding hydrogens is 352 g/mol. The van der Waals surface area contributed by atoms with E-state index < -0.39 is 0 Å². The Kier molecular flexibility index (Phi) is 4.37. The summed E-state index contributed by atoms with van der Waals surface area (Å²) in [5, 5.41) is 4.89. The third-order valence-electron chi connectivity index (χ3n) is 5.40. The quantitative estimate of drug-likeness (QED) is 0.547. The molecule has 0 N–H and O–H groups in total. The van der Waals surface area contributed by atoms with Crippen molar-refractivity contribution in [2.75, 3.05) is 13.2 Å². The van der Waals surface area contributed by atoms with Gasteiger partial charge in [0.25, 0.3) is 0 Å². The van der Waals surface area contributed by atoms with Gasteiger partial charge in [-0.05, 0) is 44.0 Å². The predicted molar refractivity (Wildman–Crippen MR) is 105 cm³/mol. The van der Waals surface area contributed by atoms with Crippen LogP contribution in [0.1, 0.15) is 43.4 Å². The summed E-state index contributed by atoms with van der Waals surface area (Å²) in [6, 6.07) is 12.1. The lowest BCUT2D eigenvalue weighted by Crippen LogP contribution is -2.15. The summed E-state index contributed by atoms with van der Waals surface area (Å²) in [6.45, 7) is 3.67. The van der Waals surface area contributed by atoms with E-state index in [1.165, 1.54) is 0 Å². The van der Waals surface area contributed by atoms with E-state index in [1.807, 2.05) is 47.5 Å². The topological polar surface area (TPSA) is 70.7 Å². The third-order valence-corrected chi connectivity index (χ3v) is 5.40. The molecule has 4 aromatic rings. The highest BCUT2D eigenvalue weighted by Crippen LogP contribution is 2.29. The fraction of sp³-hybridized carbons (Fsp3) is 0.333. The van der Waals surface area contributed by atoms with Crippen molar-refractivity contribution in [2.24, 2.45) is 0 Å². The normalized spacial score (nSPS) is 16.5. The van der Waals surface area contributed by atoms with Gasteiger partial charge in [0, 0.05) is 25.3 Å². The van der Waals surface area contributed by atoms with Gasteiger partial charge in [0.05, 0.1) is 35.3 Å². The first kappa shape index (κ1) is 17.1. The van der Waals surface area contributed by atoms with Gasteiger partial charge in [0.2, 0.25) is 0 Å². The number of ether oxygens (including phenoxy) is 1. The van der Waals surface area contributed by atoms with Gasteiger partial charge < -0.3 is 9.30 Å². The van der Waals surface area contributed by atoms with Crippen LogP contribution in [0.5, 0.6) is 0 Å². The molecule has 1 atom stereocenters. The fourth-order valence-corrected chi connectivity index (χ4v) is 3.82. The lowest BCUT2D eigenvalue weighted by molar-refractivity contribution is 0.0836. The van der Waals surface area contributed by atoms with Gasteiger partial charge in [-0.1, -0.05) is 12.1 Å². The summed E-state index contributed by atoms with van der Waals surface area (Å²) < 4.78 is 9.59. The second-order valence-electron chi connectivity index (χ2n) is 7.15. The van der Waals surface area contributed by atoms with Crippen LogP contribution in [0.25, 0.3) is 16.7 Å². The molecule has 7 heteroatoms. The third kappa shape index (κ3) is 2.97. The molecule has 28 heavy (non-hydrogen) atoms. The molecular formula is C21H22N6O. The van der Waals surface area contributed by atoms with Crippen LogP contribution in [-0.2, 0) is 4.74 Å². The van der Waals surface area contributed by atoms with Crippen LogP contribution in [0.3, 0.4) is 0 Å². The van der Waals surface area contributed by atoms with Crippen LogP contribution in [0, 0.1) is 0 Å². The molecule has 142 valence electrons. The Morgan fingerprint density at radius 2 is 1.96 bits per heavy atom. The van der Waals surface area contributed by atoms with Crippen molar-refractivity contribution in [1.29, 1.82) is 0 Å². The summed E-state index contributed by atoms with van der Waals surface area (Å²) in [6.07, 6.45) is 7.39. The Labute approximate surface area is 163 Å². The van der Waals surface area contributed by atoms with E-state index in [9.17, 15) is 0 Å². The van der Waals surface area contributed by atoms with Gasteiger partial charge in [0.15, 0.2) is 11.6 Å². The Morgan fingerprint density at radius 3 is 2.79 bits per heavy atom. The largest absolute Gasteiger partial charge is 0.381 e. The highest BCUT2D eigenvalue weighted by atomic mass is 16.5. The van der Waals surface area contributed by atoms with Crippen LogP contribution in [-0.4, -0.2) is 42.5 Å². The highest BCUT2D eigenvalue weighted by molar-refractivity contribution is 5.75. The number of benzene rings is 1. The van der Waals surface area contributed by atoms with Crippen molar-refractivity contribution in [1.82, 2.24) is 29.3 Å². The van der Waals surface area contributed by atoms with Crippen LogP contribution in [0.2, 0.25) is 0 Å². The first-order chi connectivity index (χ1) is 13.8. The maximum atomic E-state index is 5.51. The average Bonchev–Trinajstić information content (AvgIpc) is 3.40. The van der Waals surface area contributed by atoms with Gasteiger partial charge in [0.1, 0.15) is 0 Å². The number of fused-ring (bicyclic) bond motifs is 1. The summed E-state index contributed by atoms with van der Waals surface area (Å²) in [5.74, 6) is 2.10. The molecule has 0 aliphatic carbocycles. The van der Waals surface area contributed by atoms with E-state index in [1.54, 1.807) is 6.20 Å². The van der Waals surface area contributed by atoms with Crippen molar-refractivity contribution in [3.05, 3.63) is 66.8 Å². The number of hydrogen-bond donors (Lipinski definition) is 0.